The van der Waals surface area contributed by atoms with Crippen molar-refractivity contribution in [2.75, 3.05) is 0 Å². The molecule has 1 aliphatic heterocycles. The minimum atomic E-state index is -4.59. The number of carboxylic acid groups (broad SMARTS) is 1. The summed E-state index contributed by atoms with van der Waals surface area (Å²) < 4.78 is 53.9. The molecule has 0 radical (unpaired) electrons. The number of rotatable bonds is 9. The fourth-order valence-corrected chi connectivity index (χ4v) is 4.78. The van der Waals surface area contributed by atoms with E-state index in [-0.39, 0.29) is 23.6 Å². The highest BCUT2D eigenvalue weighted by Crippen LogP contribution is 2.39. The van der Waals surface area contributed by atoms with Crippen LogP contribution in [-0.2, 0) is 20.8 Å². The average Bonchev–Trinajstić information content (AvgIpc) is 3.67. The second-order valence-corrected chi connectivity index (χ2v) is 10.0. The number of benzene rings is 2. The topological polar surface area (TPSA) is 95.8 Å². The first kappa shape index (κ1) is 27.5. The number of alkyl halides is 3. The number of hydrogen-bond acceptors (Lipinski definition) is 4. The summed E-state index contributed by atoms with van der Waals surface area (Å²) in [6.07, 6.45) is -6.99. The lowest BCUT2D eigenvalue weighted by Gasteiger charge is -2.25. The molecule has 2 aromatic carbocycles. The van der Waals surface area contributed by atoms with Crippen LogP contribution in [0.5, 0.6) is 0 Å². The third-order valence-corrected chi connectivity index (χ3v) is 7.05. The second kappa shape index (κ2) is 11.0. The van der Waals surface area contributed by atoms with E-state index >= 15 is 0 Å². The monoisotopic (exact) mass is 532 g/mol. The maximum absolute atomic E-state index is 14.8. The maximum Gasteiger partial charge on any atom is 0.389 e. The SMILES string of the molecule is Cc1ccc(C2=N[C@@H](NC(=O)[C@H](CCC(F)(F)F)[C@H](CC3CC3)C(=O)O)C(=O)Cc3c(F)cccc32)cc1. The summed E-state index contributed by atoms with van der Waals surface area (Å²) in [4.78, 5) is 42.9. The third kappa shape index (κ3) is 6.65. The summed E-state index contributed by atoms with van der Waals surface area (Å²) in [7, 11) is 0. The lowest BCUT2D eigenvalue weighted by atomic mass is 9.83. The van der Waals surface area contributed by atoms with Crippen molar-refractivity contribution in [3.8, 4) is 0 Å². The molecular formula is C28H28F4N2O4. The van der Waals surface area contributed by atoms with E-state index in [1.807, 2.05) is 6.92 Å². The van der Waals surface area contributed by atoms with Crippen molar-refractivity contribution in [2.24, 2.45) is 22.7 Å². The van der Waals surface area contributed by atoms with Crippen molar-refractivity contribution in [1.29, 1.82) is 0 Å². The van der Waals surface area contributed by atoms with Gasteiger partial charge in [0.15, 0.2) is 11.9 Å². The van der Waals surface area contributed by atoms with Gasteiger partial charge in [-0.25, -0.2) is 4.39 Å². The number of carbonyl (C=O) groups is 3. The van der Waals surface area contributed by atoms with E-state index < -0.39 is 66.9 Å². The third-order valence-electron chi connectivity index (χ3n) is 7.05. The highest BCUT2D eigenvalue weighted by atomic mass is 19.4. The van der Waals surface area contributed by atoms with Crippen molar-refractivity contribution < 1.29 is 37.1 Å². The predicted molar refractivity (Wildman–Crippen MR) is 131 cm³/mol. The Kier molecular flexibility index (Phi) is 7.99. The van der Waals surface area contributed by atoms with Crippen LogP contribution in [0, 0.1) is 30.5 Å². The van der Waals surface area contributed by atoms with Gasteiger partial charge in [-0.05, 0) is 31.7 Å². The molecule has 1 aliphatic carbocycles. The molecule has 10 heteroatoms. The first-order valence-electron chi connectivity index (χ1n) is 12.5. The van der Waals surface area contributed by atoms with Gasteiger partial charge in [0, 0.05) is 29.5 Å². The highest BCUT2D eigenvalue weighted by Gasteiger charge is 2.41. The van der Waals surface area contributed by atoms with Gasteiger partial charge >= 0.3 is 12.1 Å². The summed E-state index contributed by atoms with van der Waals surface area (Å²) in [5.74, 6) is -6.43. The molecule has 0 aromatic heterocycles. The van der Waals surface area contributed by atoms with Crippen LogP contribution >= 0.6 is 0 Å². The van der Waals surface area contributed by atoms with Crippen LogP contribution in [0.2, 0.25) is 0 Å². The van der Waals surface area contributed by atoms with E-state index in [4.69, 9.17) is 0 Å². The van der Waals surface area contributed by atoms with Crippen LogP contribution in [0.3, 0.4) is 0 Å². The molecule has 202 valence electrons. The van der Waals surface area contributed by atoms with E-state index in [0.29, 0.717) is 11.1 Å². The molecule has 0 unspecified atom stereocenters. The molecule has 38 heavy (non-hydrogen) atoms. The molecule has 1 amide bonds. The van der Waals surface area contributed by atoms with Gasteiger partial charge in [0.05, 0.1) is 17.5 Å². The van der Waals surface area contributed by atoms with E-state index in [0.717, 1.165) is 18.4 Å². The minimum absolute atomic E-state index is 0.0421. The number of halogens is 4. The molecule has 2 aromatic rings. The zero-order valence-electron chi connectivity index (χ0n) is 20.7. The summed E-state index contributed by atoms with van der Waals surface area (Å²) in [6.45, 7) is 1.88. The molecular weight excluding hydrogens is 504 g/mol. The van der Waals surface area contributed by atoms with Crippen LogP contribution in [0.1, 0.15) is 54.4 Å². The Morgan fingerprint density at radius 2 is 1.79 bits per heavy atom. The molecule has 2 N–H and O–H groups in total. The Balaban J connectivity index is 1.69. The fourth-order valence-electron chi connectivity index (χ4n) is 4.78. The molecule has 3 atom stereocenters. The Hall–Kier alpha value is -3.56. The average molecular weight is 533 g/mol. The van der Waals surface area contributed by atoms with E-state index in [9.17, 15) is 37.1 Å². The lowest BCUT2D eigenvalue weighted by Crippen LogP contribution is -2.46. The molecule has 0 bridgehead atoms. The largest absolute Gasteiger partial charge is 0.481 e. The Labute approximate surface area is 217 Å². The first-order chi connectivity index (χ1) is 17.9. The second-order valence-electron chi connectivity index (χ2n) is 10.0. The number of aliphatic imine (C=N–C) groups is 1. The van der Waals surface area contributed by atoms with Gasteiger partial charge in [-0.2, -0.15) is 13.2 Å². The summed E-state index contributed by atoms with van der Waals surface area (Å²) in [6, 6.07) is 11.4. The quantitative estimate of drug-likeness (QED) is 0.445. The number of ketones is 1. The van der Waals surface area contributed by atoms with Crippen molar-refractivity contribution in [3.63, 3.8) is 0 Å². The number of aryl methyl sites for hydroxylation is 1. The van der Waals surface area contributed by atoms with Crippen LogP contribution in [0.15, 0.2) is 47.5 Å². The Bertz CT molecular complexity index is 1250. The van der Waals surface area contributed by atoms with Gasteiger partial charge in [0.2, 0.25) is 5.91 Å². The highest BCUT2D eigenvalue weighted by molar-refractivity contribution is 6.16. The van der Waals surface area contributed by atoms with Crippen LogP contribution in [-0.4, -0.2) is 40.8 Å². The first-order valence-corrected chi connectivity index (χ1v) is 12.5. The number of nitrogens with zero attached hydrogens (tertiary/aromatic N) is 1. The molecule has 0 spiro atoms. The lowest BCUT2D eigenvalue weighted by molar-refractivity contribution is -0.154. The number of hydrogen-bond donors (Lipinski definition) is 2. The smallest absolute Gasteiger partial charge is 0.389 e. The van der Waals surface area contributed by atoms with Gasteiger partial charge in [0.25, 0.3) is 0 Å². The molecule has 1 saturated carbocycles. The van der Waals surface area contributed by atoms with Crippen molar-refractivity contribution in [2.45, 2.75) is 57.8 Å². The van der Waals surface area contributed by atoms with Gasteiger partial charge in [-0.15, -0.1) is 0 Å². The van der Waals surface area contributed by atoms with Gasteiger partial charge in [0.1, 0.15) is 5.82 Å². The van der Waals surface area contributed by atoms with Crippen LogP contribution in [0.25, 0.3) is 0 Å². The fraction of sp³-hybridized carbons (Fsp3) is 0.429. The molecule has 0 saturated heterocycles. The number of Topliss-reactive ketones (excluding diaryl/α,β-unsaturated/α-hetero) is 1. The Morgan fingerprint density at radius 3 is 2.39 bits per heavy atom. The van der Waals surface area contributed by atoms with E-state index in [2.05, 4.69) is 10.3 Å². The van der Waals surface area contributed by atoms with Gasteiger partial charge < -0.3 is 10.4 Å². The zero-order valence-corrected chi connectivity index (χ0v) is 20.7. The summed E-state index contributed by atoms with van der Waals surface area (Å²) >= 11 is 0. The van der Waals surface area contributed by atoms with Crippen molar-refractivity contribution >= 4 is 23.4 Å². The number of aliphatic carboxylic acids is 1. The maximum atomic E-state index is 14.8. The van der Waals surface area contributed by atoms with E-state index in [1.54, 1.807) is 30.3 Å². The summed E-state index contributed by atoms with van der Waals surface area (Å²) in [5, 5.41) is 12.2. The number of carbonyl (C=O) groups excluding carboxylic acids is 2. The number of amides is 1. The normalized spacial score (nSPS) is 19.1. The molecule has 1 fully saturated rings. The Morgan fingerprint density at radius 1 is 1.11 bits per heavy atom. The van der Waals surface area contributed by atoms with Crippen molar-refractivity contribution in [3.05, 3.63) is 70.5 Å². The standard InChI is InChI=1S/C28H28F4N2O4/c1-15-5-9-17(10-6-15)24-18-3-2-4-22(29)20(18)14-23(35)25(33-24)34-26(36)19(11-12-28(30,31)32)21(27(37)38)13-16-7-8-16/h2-6,9-10,16,19,21,25H,7-8,11-14H2,1H3,(H,34,36)(H,37,38)/t19-,21+,25+/m1/s1. The minimum Gasteiger partial charge on any atom is -0.481 e. The molecule has 1 heterocycles. The zero-order chi connectivity index (χ0) is 27.6. The summed E-state index contributed by atoms with van der Waals surface area (Å²) in [5.41, 5.74) is 2.22. The van der Waals surface area contributed by atoms with Crippen molar-refractivity contribution in [1.82, 2.24) is 5.32 Å². The molecule has 2 aliphatic rings. The van der Waals surface area contributed by atoms with Crippen LogP contribution < -0.4 is 5.32 Å². The number of carboxylic acids is 1. The molecule has 4 rings (SSSR count). The van der Waals surface area contributed by atoms with Gasteiger partial charge in [-0.3, -0.25) is 19.4 Å². The number of nitrogens with one attached hydrogen (secondary N) is 1. The van der Waals surface area contributed by atoms with E-state index in [1.165, 1.54) is 12.1 Å². The van der Waals surface area contributed by atoms with Gasteiger partial charge in [-0.1, -0.05) is 54.8 Å². The predicted octanol–water partition coefficient (Wildman–Crippen LogP) is 5.00. The van der Waals surface area contributed by atoms with Crippen LogP contribution in [0.4, 0.5) is 17.6 Å². The molecule has 6 nitrogen and oxygen atoms in total. The number of fused-ring (bicyclic) bond motifs is 1.